The first-order valence-corrected chi connectivity index (χ1v) is 5.43. The van der Waals surface area contributed by atoms with E-state index in [4.69, 9.17) is 11.5 Å². The van der Waals surface area contributed by atoms with Crippen LogP contribution in [0.3, 0.4) is 0 Å². The first-order valence-electron chi connectivity index (χ1n) is 4.21. The minimum Gasteiger partial charge on any atom is -0.383 e. The summed E-state index contributed by atoms with van der Waals surface area (Å²) in [5, 5.41) is 0.571. The molecule has 1 aromatic rings. The van der Waals surface area contributed by atoms with Gasteiger partial charge in [0.25, 0.3) is 0 Å². The average Bonchev–Trinajstić information content (AvgIpc) is 2.15. The Labute approximate surface area is 92.1 Å². The molecule has 6 nitrogen and oxygen atoms in total. The van der Waals surface area contributed by atoms with Gasteiger partial charge in [0, 0.05) is 13.1 Å². The molecule has 0 aliphatic rings. The van der Waals surface area contributed by atoms with Crippen LogP contribution in [0.1, 0.15) is 0 Å². The summed E-state index contributed by atoms with van der Waals surface area (Å²) < 4.78 is 0. The Morgan fingerprint density at radius 2 is 2.27 bits per heavy atom. The molecule has 0 aromatic carbocycles. The molecule has 0 fully saturated rings. The second-order valence-electron chi connectivity index (χ2n) is 2.96. The smallest absolute Gasteiger partial charge is 0.236 e. The van der Waals surface area contributed by atoms with Gasteiger partial charge in [-0.2, -0.15) is 0 Å². The van der Waals surface area contributed by atoms with Crippen molar-refractivity contribution in [1.82, 2.24) is 9.97 Å². The molecular weight excluding hydrogens is 214 g/mol. The summed E-state index contributed by atoms with van der Waals surface area (Å²) in [5.74, 6) is 0.548. The van der Waals surface area contributed by atoms with Gasteiger partial charge in [-0.3, -0.25) is 4.79 Å². The average molecular weight is 227 g/mol. The minimum atomic E-state index is -0.416. The Bertz CT molecular complexity index is 370. The van der Waals surface area contributed by atoms with Crippen molar-refractivity contribution in [2.75, 3.05) is 30.5 Å². The summed E-state index contributed by atoms with van der Waals surface area (Å²) >= 11 is 1.39. The fraction of sp³-hybridized carbons (Fsp3) is 0.375. The van der Waals surface area contributed by atoms with Gasteiger partial charge >= 0.3 is 0 Å². The summed E-state index contributed by atoms with van der Waals surface area (Å²) in [6.07, 6.45) is 1.85. The van der Waals surface area contributed by atoms with Crippen molar-refractivity contribution in [2.45, 2.75) is 5.16 Å². The molecule has 0 saturated carbocycles. The standard InChI is InChI=1S/C8H13N5OS/c1-13(4-6(10)14)7-3-5(9)11-8(12-7)15-2/h3H,4H2,1-2H3,(H2,10,14)(H2,9,11,12). The molecule has 1 amide bonds. The van der Waals surface area contributed by atoms with Gasteiger partial charge in [-0.05, 0) is 6.26 Å². The monoisotopic (exact) mass is 227 g/mol. The van der Waals surface area contributed by atoms with Crippen LogP contribution in [0.15, 0.2) is 11.2 Å². The molecule has 0 aliphatic heterocycles. The van der Waals surface area contributed by atoms with Crippen molar-refractivity contribution < 1.29 is 4.79 Å². The normalized spacial score (nSPS) is 10.0. The number of likely N-dealkylation sites (N-methyl/N-ethyl adjacent to an activating group) is 1. The summed E-state index contributed by atoms with van der Waals surface area (Å²) in [7, 11) is 1.72. The molecule has 0 radical (unpaired) electrons. The molecule has 0 spiro atoms. The molecule has 0 bridgehead atoms. The Hall–Kier alpha value is -1.50. The van der Waals surface area contributed by atoms with Crippen molar-refractivity contribution in [3.05, 3.63) is 6.07 Å². The third kappa shape index (κ3) is 3.28. The third-order valence-corrected chi connectivity index (χ3v) is 2.23. The van der Waals surface area contributed by atoms with Crippen molar-refractivity contribution in [1.29, 1.82) is 0 Å². The van der Waals surface area contributed by atoms with Gasteiger partial charge in [-0.1, -0.05) is 11.8 Å². The Morgan fingerprint density at radius 1 is 1.60 bits per heavy atom. The van der Waals surface area contributed by atoms with Crippen LogP contribution in [0.25, 0.3) is 0 Å². The van der Waals surface area contributed by atoms with Crippen LogP contribution in [0, 0.1) is 0 Å². The Morgan fingerprint density at radius 3 is 2.80 bits per heavy atom. The van der Waals surface area contributed by atoms with E-state index < -0.39 is 5.91 Å². The van der Waals surface area contributed by atoms with E-state index in [1.807, 2.05) is 6.26 Å². The van der Waals surface area contributed by atoms with E-state index in [1.54, 1.807) is 18.0 Å². The van der Waals surface area contributed by atoms with Gasteiger partial charge in [-0.15, -0.1) is 0 Å². The van der Waals surface area contributed by atoms with Gasteiger partial charge in [-0.25, -0.2) is 9.97 Å². The second kappa shape index (κ2) is 4.83. The van der Waals surface area contributed by atoms with Crippen LogP contribution < -0.4 is 16.4 Å². The van der Waals surface area contributed by atoms with Crippen molar-refractivity contribution in [2.24, 2.45) is 5.73 Å². The molecule has 7 heteroatoms. The van der Waals surface area contributed by atoms with Gasteiger partial charge in [0.05, 0.1) is 6.54 Å². The van der Waals surface area contributed by atoms with Gasteiger partial charge in [0.15, 0.2) is 5.16 Å². The summed E-state index contributed by atoms with van der Waals surface area (Å²) in [6.45, 7) is 0.101. The van der Waals surface area contributed by atoms with E-state index in [0.717, 1.165) is 0 Å². The number of nitrogen functional groups attached to an aromatic ring is 1. The van der Waals surface area contributed by atoms with Crippen LogP contribution in [0.4, 0.5) is 11.6 Å². The number of hydrogen-bond donors (Lipinski definition) is 2. The maximum Gasteiger partial charge on any atom is 0.236 e. The van der Waals surface area contributed by atoms with E-state index in [9.17, 15) is 4.79 Å². The molecule has 4 N–H and O–H groups in total. The molecule has 0 unspecified atom stereocenters. The first kappa shape index (κ1) is 11.6. The molecule has 0 saturated heterocycles. The Balaban J connectivity index is 2.92. The van der Waals surface area contributed by atoms with Crippen LogP contribution in [0.5, 0.6) is 0 Å². The zero-order valence-electron chi connectivity index (χ0n) is 8.60. The SMILES string of the molecule is CSc1nc(N)cc(N(C)CC(N)=O)n1. The van der Waals surface area contributed by atoms with Crippen molar-refractivity contribution in [3.63, 3.8) is 0 Å². The lowest BCUT2D eigenvalue weighted by molar-refractivity contribution is -0.116. The van der Waals surface area contributed by atoms with Crippen LogP contribution in [0.2, 0.25) is 0 Å². The van der Waals surface area contributed by atoms with E-state index in [1.165, 1.54) is 11.8 Å². The number of nitrogens with two attached hydrogens (primary N) is 2. The van der Waals surface area contributed by atoms with E-state index in [2.05, 4.69) is 9.97 Å². The first-order chi connectivity index (χ1) is 7.02. The molecule has 82 valence electrons. The highest BCUT2D eigenvalue weighted by atomic mass is 32.2. The van der Waals surface area contributed by atoms with Crippen LogP contribution in [-0.2, 0) is 4.79 Å². The molecular formula is C8H13N5OS. The van der Waals surface area contributed by atoms with Gasteiger partial charge in [0.1, 0.15) is 11.6 Å². The highest BCUT2D eigenvalue weighted by molar-refractivity contribution is 7.98. The largest absolute Gasteiger partial charge is 0.383 e. The second-order valence-corrected chi connectivity index (χ2v) is 3.73. The molecule has 1 aromatic heterocycles. The zero-order valence-corrected chi connectivity index (χ0v) is 9.41. The summed E-state index contributed by atoms with van der Waals surface area (Å²) in [6, 6.07) is 1.60. The summed E-state index contributed by atoms with van der Waals surface area (Å²) in [5.41, 5.74) is 10.7. The Kier molecular flexibility index (Phi) is 3.73. The summed E-state index contributed by atoms with van der Waals surface area (Å²) in [4.78, 5) is 20.5. The lowest BCUT2D eigenvalue weighted by Gasteiger charge is -2.16. The van der Waals surface area contributed by atoms with Crippen molar-refractivity contribution >= 4 is 29.3 Å². The number of hydrogen-bond acceptors (Lipinski definition) is 6. The number of aromatic nitrogens is 2. The molecule has 0 aliphatic carbocycles. The minimum absolute atomic E-state index is 0.101. The predicted octanol–water partition coefficient (Wildman–Crippen LogP) is -0.298. The van der Waals surface area contributed by atoms with Gasteiger partial charge < -0.3 is 16.4 Å². The number of nitrogens with zero attached hydrogens (tertiary/aromatic N) is 3. The molecule has 0 atom stereocenters. The number of thioether (sulfide) groups is 1. The zero-order chi connectivity index (χ0) is 11.4. The number of primary amides is 1. The maximum atomic E-state index is 10.7. The maximum absolute atomic E-state index is 10.7. The lowest BCUT2D eigenvalue weighted by Crippen LogP contribution is -2.31. The highest BCUT2D eigenvalue weighted by Gasteiger charge is 2.08. The fourth-order valence-electron chi connectivity index (χ4n) is 1.03. The number of carbonyl (C=O) groups excluding carboxylic acids is 1. The molecule has 15 heavy (non-hydrogen) atoms. The third-order valence-electron chi connectivity index (χ3n) is 1.68. The van der Waals surface area contributed by atoms with Crippen LogP contribution in [-0.4, -0.2) is 35.7 Å². The lowest BCUT2D eigenvalue weighted by atomic mass is 10.4. The predicted molar refractivity (Wildman–Crippen MR) is 60.7 cm³/mol. The van der Waals surface area contributed by atoms with E-state index in [0.29, 0.717) is 16.8 Å². The number of anilines is 2. The van der Waals surface area contributed by atoms with E-state index in [-0.39, 0.29) is 6.54 Å². The number of rotatable bonds is 4. The van der Waals surface area contributed by atoms with Gasteiger partial charge in [0.2, 0.25) is 5.91 Å². The topological polar surface area (TPSA) is 98.1 Å². The quantitative estimate of drug-likeness (QED) is 0.541. The fourth-order valence-corrected chi connectivity index (χ4v) is 1.41. The number of carbonyl (C=O) groups is 1. The molecule has 1 heterocycles. The number of amides is 1. The highest BCUT2D eigenvalue weighted by Crippen LogP contribution is 2.17. The van der Waals surface area contributed by atoms with Crippen LogP contribution >= 0.6 is 11.8 Å². The molecule has 1 rings (SSSR count). The van der Waals surface area contributed by atoms with Crippen molar-refractivity contribution in [3.8, 4) is 0 Å². The van der Waals surface area contributed by atoms with E-state index >= 15 is 0 Å².